The maximum atomic E-state index is 6.14. The van der Waals surface area contributed by atoms with Crippen molar-refractivity contribution >= 4 is 10.6 Å². The minimum absolute atomic E-state index is 0.563. The fourth-order valence-corrected chi connectivity index (χ4v) is 5.63. The quantitative estimate of drug-likeness (QED) is 0.845. The van der Waals surface area contributed by atoms with Crippen LogP contribution in [0.2, 0.25) is 0 Å². The van der Waals surface area contributed by atoms with Crippen LogP contribution in [0.15, 0.2) is 46.2 Å². The topological polar surface area (TPSA) is 36.9 Å². The molecule has 2 aromatic carbocycles. The Morgan fingerprint density at radius 2 is 1.29 bits per heavy atom. The Morgan fingerprint density at radius 3 is 1.71 bits per heavy atom. The summed E-state index contributed by atoms with van der Waals surface area (Å²) in [5.41, 5.74) is 2.29. The van der Waals surface area contributed by atoms with E-state index in [2.05, 4.69) is 12.1 Å². The maximum Gasteiger partial charge on any atom is 0.119 e. The van der Waals surface area contributed by atoms with Gasteiger partial charge in [0.2, 0.25) is 0 Å². The predicted molar refractivity (Wildman–Crippen MR) is 79.7 cm³/mol. The SMILES string of the molecule is COc1ccc2c(c1)COS21OCc2cc(OC)ccc21. The molecule has 0 fully saturated rings. The van der Waals surface area contributed by atoms with Gasteiger partial charge in [0.1, 0.15) is 11.5 Å². The van der Waals surface area contributed by atoms with E-state index < -0.39 is 10.6 Å². The molecule has 110 valence electrons. The van der Waals surface area contributed by atoms with E-state index in [1.807, 2.05) is 24.3 Å². The van der Waals surface area contributed by atoms with Gasteiger partial charge in [0.15, 0.2) is 0 Å². The second kappa shape index (κ2) is 4.66. The second-order valence-electron chi connectivity index (χ2n) is 4.98. The largest absolute Gasteiger partial charge is 0.497 e. The van der Waals surface area contributed by atoms with Gasteiger partial charge in [0, 0.05) is 11.1 Å². The predicted octanol–water partition coefficient (Wildman–Crippen LogP) is 3.82. The zero-order chi connectivity index (χ0) is 14.4. The third-order valence-corrected chi connectivity index (χ3v) is 6.73. The Kier molecular flexibility index (Phi) is 2.89. The van der Waals surface area contributed by atoms with E-state index in [-0.39, 0.29) is 0 Å². The van der Waals surface area contributed by atoms with Crippen molar-refractivity contribution in [1.82, 2.24) is 0 Å². The first-order valence-corrected chi connectivity index (χ1v) is 8.21. The molecule has 2 heterocycles. The lowest BCUT2D eigenvalue weighted by Gasteiger charge is -2.34. The Balaban J connectivity index is 1.84. The Hall–Kier alpha value is -1.69. The van der Waals surface area contributed by atoms with Gasteiger partial charge in [-0.05, 0) is 36.4 Å². The van der Waals surface area contributed by atoms with Crippen molar-refractivity contribution < 1.29 is 17.8 Å². The highest BCUT2D eigenvalue weighted by atomic mass is 32.3. The van der Waals surface area contributed by atoms with Crippen molar-refractivity contribution in [2.75, 3.05) is 14.2 Å². The van der Waals surface area contributed by atoms with Gasteiger partial charge in [-0.15, -0.1) is 10.6 Å². The molecule has 0 amide bonds. The molecule has 5 heteroatoms. The van der Waals surface area contributed by atoms with Crippen LogP contribution in [0.5, 0.6) is 11.5 Å². The van der Waals surface area contributed by atoms with E-state index >= 15 is 0 Å². The van der Waals surface area contributed by atoms with E-state index in [1.165, 1.54) is 0 Å². The molecule has 0 atom stereocenters. The third kappa shape index (κ3) is 1.78. The summed E-state index contributed by atoms with van der Waals surface area (Å²) in [4.78, 5) is 2.29. The van der Waals surface area contributed by atoms with Crippen LogP contribution in [-0.4, -0.2) is 14.2 Å². The number of rotatable bonds is 2. The summed E-state index contributed by atoms with van der Waals surface area (Å²) in [5, 5.41) is 0. The highest BCUT2D eigenvalue weighted by Crippen LogP contribution is 2.73. The lowest BCUT2D eigenvalue weighted by molar-refractivity contribution is 0.271. The second-order valence-corrected chi connectivity index (χ2v) is 7.33. The standard InChI is InChI=1S/C16H16O4S/c1-17-13-3-5-15-11(7-13)9-19-21(15)16-6-4-14(18-2)8-12(16)10-20-21/h3-8H,9-10H2,1-2H3. The summed E-state index contributed by atoms with van der Waals surface area (Å²) in [5.74, 6) is 1.70. The van der Waals surface area contributed by atoms with E-state index in [1.54, 1.807) is 14.2 Å². The molecular weight excluding hydrogens is 288 g/mol. The maximum absolute atomic E-state index is 6.14. The van der Waals surface area contributed by atoms with Gasteiger partial charge in [-0.25, -0.2) is 0 Å². The summed E-state index contributed by atoms with van der Waals surface area (Å²) in [6.07, 6.45) is 0. The zero-order valence-electron chi connectivity index (χ0n) is 11.9. The molecule has 0 aliphatic carbocycles. The molecule has 0 aromatic heterocycles. The van der Waals surface area contributed by atoms with E-state index in [0.29, 0.717) is 13.2 Å². The number of hydrogen-bond donors (Lipinski definition) is 0. The van der Waals surface area contributed by atoms with Crippen molar-refractivity contribution in [3.8, 4) is 11.5 Å². The van der Waals surface area contributed by atoms with Gasteiger partial charge in [-0.3, -0.25) is 8.37 Å². The molecule has 0 N–H and O–H groups in total. The van der Waals surface area contributed by atoms with Gasteiger partial charge < -0.3 is 9.47 Å². The van der Waals surface area contributed by atoms with E-state index in [0.717, 1.165) is 32.4 Å². The molecule has 4 rings (SSSR count). The minimum Gasteiger partial charge on any atom is -0.497 e. The normalized spacial score (nSPS) is 19.1. The number of benzene rings is 2. The van der Waals surface area contributed by atoms with Crippen molar-refractivity contribution in [2.24, 2.45) is 0 Å². The third-order valence-electron chi connectivity index (χ3n) is 3.88. The van der Waals surface area contributed by atoms with Crippen LogP contribution in [0.3, 0.4) is 0 Å². The molecule has 0 bridgehead atoms. The van der Waals surface area contributed by atoms with Crippen LogP contribution >= 0.6 is 10.6 Å². The van der Waals surface area contributed by atoms with Crippen LogP contribution in [0.4, 0.5) is 0 Å². The molecule has 0 saturated carbocycles. The average molecular weight is 304 g/mol. The monoisotopic (exact) mass is 304 g/mol. The summed E-state index contributed by atoms with van der Waals surface area (Å²) < 4.78 is 22.8. The van der Waals surface area contributed by atoms with Crippen LogP contribution in [0.25, 0.3) is 0 Å². The Bertz CT molecular complexity index is 652. The molecule has 1 spiro atoms. The Labute approximate surface area is 125 Å². The average Bonchev–Trinajstić information content (AvgIpc) is 3.09. The smallest absolute Gasteiger partial charge is 0.119 e. The first-order chi connectivity index (χ1) is 10.3. The fourth-order valence-electron chi connectivity index (χ4n) is 2.81. The Morgan fingerprint density at radius 1 is 0.810 bits per heavy atom. The van der Waals surface area contributed by atoms with Crippen LogP contribution in [0.1, 0.15) is 11.1 Å². The molecule has 4 nitrogen and oxygen atoms in total. The van der Waals surface area contributed by atoms with Gasteiger partial charge in [0.25, 0.3) is 0 Å². The molecule has 21 heavy (non-hydrogen) atoms. The first-order valence-electron chi connectivity index (χ1n) is 6.73. The van der Waals surface area contributed by atoms with Gasteiger partial charge in [-0.2, -0.15) is 0 Å². The van der Waals surface area contributed by atoms with Crippen molar-refractivity contribution in [3.63, 3.8) is 0 Å². The summed E-state index contributed by atoms with van der Waals surface area (Å²) in [7, 11) is 1.54. The summed E-state index contributed by atoms with van der Waals surface area (Å²) in [6.45, 7) is 1.13. The fraction of sp³-hybridized carbons (Fsp3) is 0.250. The van der Waals surface area contributed by atoms with Crippen molar-refractivity contribution in [2.45, 2.75) is 23.0 Å². The van der Waals surface area contributed by atoms with Gasteiger partial charge in [0.05, 0.1) is 37.2 Å². The highest BCUT2D eigenvalue weighted by molar-refractivity contribution is 8.26. The van der Waals surface area contributed by atoms with Crippen molar-refractivity contribution in [3.05, 3.63) is 47.5 Å². The number of hydrogen-bond acceptors (Lipinski definition) is 4. The lowest BCUT2D eigenvalue weighted by Crippen LogP contribution is -1.97. The number of fused-ring (bicyclic) bond motifs is 4. The molecule has 0 saturated heterocycles. The molecule has 2 aliphatic heterocycles. The van der Waals surface area contributed by atoms with Gasteiger partial charge in [-0.1, -0.05) is 0 Å². The molecule has 2 aromatic rings. The summed E-state index contributed by atoms with van der Waals surface area (Å²) in [6, 6.07) is 12.1. The van der Waals surface area contributed by atoms with Crippen LogP contribution in [-0.2, 0) is 21.6 Å². The van der Waals surface area contributed by atoms with Crippen LogP contribution in [0, 0.1) is 0 Å². The summed E-state index contributed by atoms with van der Waals surface area (Å²) >= 11 is 0. The molecule has 0 unspecified atom stereocenters. The number of ether oxygens (including phenoxy) is 2. The molecule has 2 aliphatic rings. The number of methoxy groups -OCH3 is 2. The molecule has 0 radical (unpaired) electrons. The van der Waals surface area contributed by atoms with Crippen LogP contribution < -0.4 is 9.47 Å². The highest BCUT2D eigenvalue weighted by Gasteiger charge is 2.41. The first kappa shape index (κ1) is 13.0. The minimum atomic E-state index is -1.81. The van der Waals surface area contributed by atoms with E-state index in [9.17, 15) is 0 Å². The molecular formula is C16H16O4S. The van der Waals surface area contributed by atoms with E-state index in [4.69, 9.17) is 17.8 Å². The lowest BCUT2D eigenvalue weighted by atomic mass is 10.2. The van der Waals surface area contributed by atoms with Gasteiger partial charge >= 0.3 is 0 Å². The van der Waals surface area contributed by atoms with Crippen molar-refractivity contribution in [1.29, 1.82) is 0 Å². The zero-order valence-corrected chi connectivity index (χ0v) is 12.7.